The van der Waals surface area contributed by atoms with Gasteiger partial charge in [0.05, 0.1) is 18.8 Å². The molecule has 0 saturated heterocycles. The van der Waals surface area contributed by atoms with E-state index in [0.29, 0.717) is 6.61 Å². The zero-order valence-corrected chi connectivity index (χ0v) is 10.6. The molecule has 2 nitrogen and oxygen atoms in total. The van der Waals surface area contributed by atoms with Crippen LogP contribution in [0.3, 0.4) is 0 Å². The number of benzene rings is 1. The third-order valence-electron chi connectivity index (χ3n) is 2.88. The summed E-state index contributed by atoms with van der Waals surface area (Å²) in [5.41, 5.74) is 0.690. The number of aliphatic hydroxyl groups excluding tert-OH is 1. The van der Waals surface area contributed by atoms with Crippen molar-refractivity contribution in [1.82, 2.24) is 0 Å². The minimum absolute atomic E-state index is 0.0526. The van der Waals surface area contributed by atoms with Crippen molar-refractivity contribution in [2.24, 2.45) is 0 Å². The van der Waals surface area contributed by atoms with E-state index in [1.54, 1.807) is 0 Å². The van der Waals surface area contributed by atoms with Crippen LogP contribution in [0.15, 0.2) is 43.0 Å². The summed E-state index contributed by atoms with van der Waals surface area (Å²) in [4.78, 5) is 0. The van der Waals surface area contributed by atoms with E-state index in [-0.39, 0.29) is 6.61 Å². The van der Waals surface area contributed by atoms with Gasteiger partial charge in [-0.05, 0) is 31.7 Å². The molecule has 0 bridgehead atoms. The van der Waals surface area contributed by atoms with Crippen LogP contribution in [0.5, 0.6) is 0 Å². The third-order valence-corrected chi connectivity index (χ3v) is 2.88. The third kappa shape index (κ3) is 5.16. The Bertz CT molecular complexity index is 321. The van der Waals surface area contributed by atoms with Crippen molar-refractivity contribution in [3.8, 4) is 0 Å². The van der Waals surface area contributed by atoms with Gasteiger partial charge in [-0.2, -0.15) is 0 Å². The monoisotopic (exact) mass is 234 g/mol. The molecule has 0 aliphatic heterocycles. The molecule has 0 unspecified atom stereocenters. The predicted molar refractivity (Wildman–Crippen MR) is 70.8 cm³/mol. The Balaban J connectivity index is 2.42. The number of hydrogen-bond donors (Lipinski definition) is 1. The average molecular weight is 234 g/mol. The molecule has 17 heavy (non-hydrogen) atoms. The van der Waals surface area contributed by atoms with Crippen LogP contribution >= 0.6 is 0 Å². The van der Waals surface area contributed by atoms with E-state index in [0.717, 1.165) is 24.8 Å². The van der Waals surface area contributed by atoms with Crippen LogP contribution in [0.4, 0.5) is 0 Å². The molecule has 0 fully saturated rings. The normalized spacial score (nSPS) is 14.2. The lowest BCUT2D eigenvalue weighted by Crippen LogP contribution is -2.33. The summed E-state index contributed by atoms with van der Waals surface area (Å²) in [6.07, 6.45) is 4.71. The van der Waals surface area contributed by atoms with Crippen molar-refractivity contribution in [2.45, 2.75) is 38.4 Å². The minimum atomic E-state index is -0.446. The summed E-state index contributed by atoms with van der Waals surface area (Å²) >= 11 is 0. The van der Waals surface area contributed by atoms with Gasteiger partial charge in [-0.25, -0.2) is 0 Å². The molecule has 94 valence electrons. The van der Waals surface area contributed by atoms with E-state index in [1.807, 2.05) is 43.3 Å². The first-order chi connectivity index (χ1) is 8.20. The van der Waals surface area contributed by atoms with E-state index in [9.17, 15) is 5.11 Å². The van der Waals surface area contributed by atoms with Crippen LogP contribution in [0, 0.1) is 0 Å². The first-order valence-corrected chi connectivity index (χ1v) is 6.10. The lowest BCUT2D eigenvalue weighted by atomic mass is 9.99. The summed E-state index contributed by atoms with van der Waals surface area (Å²) in [5, 5.41) is 9.41. The predicted octanol–water partition coefficient (Wildman–Crippen LogP) is 3.31. The van der Waals surface area contributed by atoms with Crippen molar-refractivity contribution in [3.05, 3.63) is 48.6 Å². The number of aliphatic hydroxyl groups is 1. The lowest BCUT2D eigenvalue weighted by Gasteiger charge is -2.27. The Hall–Kier alpha value is -1.12. The molecule has 1 atom stereocenters. The van der Waals surface area contributed by atoms with Gasteiger partial charge in [0.25, 0.3) is 0 Å². The Morgan fingerprint density at radius 2 is 2.06 bits per heavy atom. The molecule has 1 aromatic carbocycles. The summed E-state index contributed by atoms with van der Waals surface area (Å²) in [6, 6.07) is 10.0. The molecule has 0 aromatic heterocycles. The highest BCUT2D eigenvalue weighted by atomic mass is 16.5. The summed E-state index contributed by atoms with van der Waals surface area (Å²) in [7, 11) is 0. The number of ether oxygens (including phenoxy) is 1. The van der Waals surface area contributed by atoms with Gasteiger partial charge >= 0.3 is 0 Å². The second-order valence-electron chi connectivity index (χ2n) is 4.56. The van der Waals surface area contributed by atoms with Crippen molar-refractivity contribution >= 4 is 0 Å². The topological polar surface area (TPSA) is 29.5 Å². The SMILES string of the molecule is C=CCCC[C@@](C)(CO)OCc1ccccc1. The highest BCUT2D eigenvalue weighted by Gasteiger charge is 2.23. The largest absolute Gasteiger partial charge is 0.393 e. The van der Waals surface area contributed by atoms with E-state index in [2.05, 4.69) is 6.58 Å². The molecule has 1 aromatic rings. The molecule has 2 heteroatoms. The number of rotatable bonds is 8. The van der Waals surface area contributed by atoms with Gasteiger partial charge in [-0.1, -0.05) is 36.4 Å². The Morgan fingerprint density at radius 1 is 1.35 bits per heavy atom. The van der Waals surface area contributed by atoms with Gasteiger partial charge in [0.2, 0.25) is 0 Å². The van der Waals surface area contributed by atoms with E-state index in [4.69, 9.17) is 4.74 Å². The van der Waals surface area contributed by atoms with E-state index in [1.165, 1.54) is 0 Å². The molecule has 1 N–H and O–H groups in total. The van der Waals surface area contributed by atoms with Gasteiger partial charge in [0.1, 0.15) is 0 Å². The second-order valence-corrected chi connectivity index (χ2v) is 4.56. The van der Waals surface area contributed by atoms with Crippen molar-refractivity contribution in [3.63, 3.8) is 0 Å². The standard InChI is InChI=1S/C15H22O2/c1-3-4-8-11-15(2,13-16)17-12-14-9-6-5-7-10-14/h3,5-7,9-10,16H,1,4,8,11-13H2,2H3/t15-/m0/s1. The second kappa shape index (κ2) is 7.25. The Labute approximate surface area is 104 Å². The molecule has 0 amide bonds. The fourth-order valence-corrected chi connectivity index (χ4v) is 1.65. The highest BCUT2D eigenvalue weighted by molar-refractivity contribution is 5.13. The van der Waals surface area contributed by atoms with Crippen molar-refractivity contribution < 1.29 is 9.84 Å². The fourth-order valence-electron chi connectivity index (χ4n) is 1.65. The average Bonchev–Trinajstić information content (AvgIpc) is 2.38. The first-order valence-electron chi connectivity index (χ1n) is 6.10. The van der Waals surface area contributed by atoms with E-state index >= 15 is 0 Å². The lowest BCUT2D eigenvalue weighted by molar-refractivity contribution is -0.0822. The van der Waals surface area contributed by atoms with Gasteiger partial charge in [0.15, 0.2) is 0 Å². The molecule has 0 aliphatic rings. The van der Waals surface area contributed by atoms with Gasteiger partial charge in [-0.15, -0.1) is 6.58 Å². The summed E-state index contributed by atoms with van der Waals surface area (Å²) in [5.74, 6) is 0. The molecule has 0 spiro atoms. The first kappa shape index (κ1) is 13.9. The van der Waals surface area contributed by atoms with Crippen molar-refractivity contribution in [2.75, 3.05) is 6.61 Å². The number of unbranched alkanes of at least 4 members (excludes halogenated alkanes) is 1. The minimum Gasteiger partial charge on any atom is -0.393 e. The maximum absolute atomic E-state index is 9.41. The zero-order valence-electron chi connectivity index (χ0n) is 10.6. The summed E-state index contributed by atoms with van der Waals surface area (Å²) in [6.45, 7) is 6.25. The molecule has 0 radical (unpaired) electrons. The summed E-state index contributed by atoms with van der Waals surface area (Å²) < 4.78 is 5.83. The number of hydrogen-bond acceptors (Lipinski definition) is 2. The van der Waals surface area contributed by atoms with Crippen molar-refractivity contribution in [1.29, 1.82) is 0 Å². The van der Waals surface area contributed by atoms with Gasteiger partial charge in [-0.3, -0.25) is 0 Å². The molecular formula is C15H22O2. The van der Waals surface area contributed by atoms with Crippen LogP contribution in [-0.4, -0.2) is 17.3 Å². The van der Waals surface area contributed by atoms with Crippen LogP contribution < -0.4 is 0 Å². The van der Waals surface area contributed by atoms with Crippen LogP contribution in [0.2, 0.25) is 0 Å². The fraction of sp³-hybridized carbons (Fsp3) is 0.467. The smallest absolute Gasteiger partial charge is 0.0888 e. The van der Waals surface area contributed by atoms with Crippen LogP contribution in [0.1, 0.15) is 31.7 Å². The Kier molecular flexibility index (Phi) is 5.95. The highest BCUT2D eigenvalue weighted by Crippen LogP contribution is 2.20. The van der Waals surface area contributed by atoms with Crippen LogP contribution in [0.25, 0.3) is 0 Å². The zero-order chi connectivity index (χ0) is 12.6. The van der Waals surface area contributed by atoms with Gasteiger partial charge < -0.3 is 9.84 Å². The molecule has 0 heterocycles. The molecular weight excluding hydrogens is 212 g/mol. The number of allylic oxidation sites excluding steroid dienone is 1. The van der Waals surface area contributed by atoms with Gasteiger partial charge in [0, 0.05) is 0 Å². The van der Waals surface area contributed by atoms with E-state index < -0.39 is 5.60 Å². The Morgan fingerprint density at radius 3 is 2.65 bits per heavy atom. The van der Waals surface area contributed by atoms with Crippen LogP contribution in [-0.2, 0) is 11.3 Å². The maximum Gasteiger partial charge on any atom is 0.0888 e. The molecule has 0 aliphatic carbocycles. The molecule has 0 saturated carbocycles. The molecule has 1 rings (SSSR count). The maximum atomic E-state index is 9.41. The quantitative estimate of drug-likeness (QED) is 0.552.